The molecule has 0 heterocycles. The van der Waals surface area contributed by atoms with E-state index in [4.69, 9.17) is 0 Å². The lowest BCUT2D eigenvalue weighted by atomic mass is 9.91. The molecule has 0 amide bonds. The Hall–Kier alpha value is -2.14. The van der Waals surface area contributed by atoms with Gasteiger partial charge in [-0.05, 0) is 6.92 Å². The van der Waals surface area contributed by atoms with Crippen LogP contribution in [-0.2, 0) is 4.74 Å². The normalized spacial score (nSPS) is 14.5. The third-order valence-corrected chi connectivity index (χ3v) is 4.27. The van der Waals surface area contributed by atoms with E-state index < -0.39 is 83.3 Å². The molecule has 0 aliphatic carbocycles. The van der Waals surface area contributed by atoms with Crippen LogP contribution in [0.1, 0.15) is 5.56 Å². The van der Waals surface area contributed by atoms with Gasteiger partial charge in [-0.15, -0.1) is 0 Å². The predicted molar refractivity (Wildman–Crippen MR) is 78.1 cm³/mol. The lowest BCUT2D eigenvalue weighted by molar-refractivity contribution is -0.428. The van der Waals surface area contributed by atoms with E-state index in [1.165, 1.54) is 0 Å². The first-order valence-electron chi connectivity index (χ1n) is 8.17. The molecule has 1 aromatic rings. The van der Waals surface area contributed by atoms with Crippen LogP contribution in [0.4, 0.5) is 70.2 Å². The molecule has 1 rings (SSSR count). The van der Waals surface area contributed by atoms with Gasteiger partial charge in [-0.2, -0.15) is 61.5 Å². The monoisotopic (exact) mass is 538 g/mol. The van der Waals surface area contributed by atoms with Gasteiger partial charge in [-0.25, -0.2) is 8.78 Å². The number of rotatable bonds is 10. The lowest BCUT2D eigenvalue weighted by Crippen LogP contribution is -2.71. The molecule has 1 aromatic carbocycles. The van der Waals surface area contributed by atoms with Crippen molar-refractivity contribution in [2.45, 2.75) is 42.5 Å². The van der Waals surface area contributed by atoms with Crippen molar-refractivity contribution in [2.75, 3.05) is 20.3 Å². The fraction of sp³-hybridized carbons (Fsp3) is 0.625. The zero-order valence-corrected chi connectivity index (χ0v) is 16.3. The first kappa shape index (κ1) is 29.9. The molecule has 0 spiro atoms. The molecular formula is C16H10F16O2. The first-order valence-corrected chi connectivity index (χ1v) is 8.17. The summed E-state index contributed by atoms with van der Waals surface area (Å²) in [6.07, 6.45) is 0. The van der Waals surface area contributed by atoms with Crippen LogP contribution in [0.3, 0.4) is 0 Å². The van der Waals surface area contributed by atoms with E-state index in [9.17, 15) is 70.2 Å². The molecular weight excluding hydrogens is 528 g/mol. The Morgan fingerprint density at radius 1 is 0.529 bits per heavy atom. The smallest absolute Gasteiger partial charge is 0.384 e. The van der Waals surface area contributed by atoms with E-state index in [0.717, 1.165) is 0 Å². The quantitative estimate of drug-likeness (QED) is 0.254. The van der Waals surface area contributed by atoms with Gasteiger partial charge < -0.3 is 9.47 Å². The highest BCUT2D eigenvalue weighted by Crippen LogP contribution is 2.60. The van der Waals surface area contributed by atoms with Gasteiger partial charge >= 0.3 is 35.5 Å². The van der Waals surface area contributed by atoms with Crippen LogP contribution in [0.15, 0.2) is 0 Å². The summed E-state index contributed by atoms with van der Waals surface area (Å²) < 4.78 is 223. The number of hydrogen-bond donors (Lipinski definition) is 0. The topological polar surface area (TPSA) is 18.5 Å². The van der Waals surface area contributed by atoms with Crippen LogP contribution in [0.2, 0.25) is 0 Å². The second-order valence-electron chi connectivity index (χ2n) is 6.64. The summed E-state index contributed by atoms with van der Waals surface area (Å²) >= 11 is 0. The van der Waals surface area contributed by atoms with Crippen molar-refractivity contribution < 1.29 is 79.7 Å². The summed E-state index contributed by atoms with van der Waals surface area (Å²) in [7, 11) is 0.190. The predicted octanol–water partition coefficient (Wildman–Crippen LogP) is 6.39. The Balaban J connectivity index is 3.44. The van der Waals surface area contributed by atoms with Gasteiger partial charge in [-0.1, -0.05) is 0 Å². The van der Waals surface area contributed by atoms with Crippen LogP contribution >= 0.6 is 0 Å². The average molecular weight is 538 g/mol. The third-order valence-electron chi connectivity index (χ3n) is 4.27. The maximum absolute atomic E-state index is 13.7. The Bertz CT molecular complexity index is 882. The average Bonchev–Trinajstić information content (AvgIpc) is 2.69. The fourth-order valence-corrected chi connectivity index (χ4v) is 2.23. The minimum Gasteiger partial charge on any atom is -0.481 e. The molecule has 0 bridgehead atoms. The molecule has 2 nitrogen and oxygen atoms in total. The standard InChI is InChI=1S/C16H10F16O2/c1-5-6(17)8(19)10(9(20)7(5)18)34-4-12(23,24)14(27,28)16(31,32)15(29,30)13(25,26)11(21,22)3-33-2/h3-4H2,1-2H3. The Labute approximate surface area is 178 Å². The molecule has 34 heavy (non-hydrogen) atoms. The molecule has 0 N–H and O–H groups in total. The van der Waals surface area contributed by atoms with Gasteiger partial charge in [0.25, 0.3) is 0 Å². The Morgan fingerprint density at radius 2 is 0.853 bits per heavy atom. The van der Waals surface area contributed by atoms with Crippen LogP contribution in [0.25, 0.3) is 0 Å². The maximum Gasteiger partial charge on any atom is 0.384 e. The molecule has 198 valence electrons. The van der Waals surface area contributed by atoms with Crippen LogP contribution in [0.5, 0.6) is 5.75 Å². The molecule has 0 saturated heterocycles. The number of benzene rings is 1. The summed E-state index contributed by atoms with van der Waals surface area (Å²) in [4.78, 5) is 0. The highest BCUT2D eigenvalue weighted by molar-refractivity contribution is 5.34. The summed E-state index contributed by atoms with van der Waals surface area (Å²) in [6, 6.07) is 0. The summed E-state index contributed by atoms with van der Waals surface area (Å²) in [5.74, 6) is -56.5. The number of halogens is 16. The van der Waals surface area contributed by atoms with E-state index >= 15 is 0 Å². The van der Waals surface area contributed by atoms with Gasteiger partial charge in [0.2, 0.25) is 11.6 Å². The molecule has 0 atom stereocenters. The summed E-state index contributed by atoms with van der Waals surface area (Å²) in [6.45, 7) is -5.78. The first-order chi connectivity index (χ1) is 15.0. The zero-order chi connectivity index (χ0) is 27.3. The number of ether oxygens (including phenoxy) is 2. The lowest BCUT2D eigenvalue weighted by Gasteiger charge is -2.41. The van der Waals surface area contributed by atoms with Gasteiger partial charge in [0, 0.05) is 12.7 Å². The van der Waals surface area contributed by atoms with Crippen molar-refractivity contribution in [3.8, 4) is 5.75 Å². The van der Waals surface area contributed by atoms with Gasteiger partial charge in [0.1, 0.15) is 6.61 Å². The molecule has 0 fully saturated rings. The summed E-state index contributed by atoms with van der Waals surface area (Å²) in [5, 5.41) is 0. The third kappa shape index (κ3) is 4.21. The van der Waals surface area contributed by atoms with Crippen molar-refractivity contribution >= 4 is 0 Å². The van der Waals surface area contributed by atoms with E-state index in [-0.39, 0.29) is 7.11 Å². The molecule has 0 aliphatic heterocycles. The molecule has 0 radical (unpaired) electrons. The van der Waals surface area contributed by atoms with Crippen LogP contribution < -0.4 is 4.74 Å². The van der Waals surface area contributed by atoms with Gasteiger partial charge in [-0.3, -0.25) is 0 Å². The molecule has 0 aliphatic rings. The molecule has 0 saturated carbocycles. The van der Waals surface area contributed by atoms with Crippen molar-refractivity contribution in [1.82, 2.24) is 0 Å². The number of methoxy groups -OCH3 is 1. The second kappa shape index (κ2) is 8.82. The molecule has 0 unspecified atom stereocenters. The van der Waals surface area contributed by atoms with E-state index in [1.54, 1.807) is 0 Å². The highest BCUT2D eigenvalue weighted by Gasteiger charge is 2.90. The van der Waals surface area contributed by atoms with Crippen molar-refractivity contribution in [3.05, 3.63) is 28.8 Å². The minimum atomic E-state index is -7.98. The van der Waals surface area contributed by atoms with Crippen LogP contribution in [0, 0.1) is 30.2 Å². The van der Waals surface area contributed by atoms with E-state index in [2.05, 4.69) is 9.47 Å². The van der Waals surface area contributed by atoms with Crippen molar-refractivity contribution in [1.29, 1.82) is 0 Å². The molecule has 18 heteroatoms. The zero-order valence-electron chi connectivity index (χ0n) is 16.3. The van der Waals surface area contributed by atoms with E-state index in [1.807, 2.05) is 0 Å². The second-order valence-corrected chi connectivity index (χ2v) is 6.64. The highest BCUT2D eigenvalue weighted by atomic mass is 19.4. The van der Waals surface area contributed by atoms with Crippen molar-refractivity contribution in [2.24, 2.45) is 0 Å². The van der Waals surface area contributed by atoms with Crippen LogP contribution in [-0.4, -0.2) is 55.9 Å². The number of hydrogen-bond acceptors (Lipinski definition) is 2. The van der Waals surface area contributed by atoms with Crippen molar-refractivity contribution in [3.63, 3.8) is 0 Å². The van der Waals surface area contributed by atoms with E-state index in [0.29, 0.717) is 6.92 Å². The molecule has 0 aromatic heterocycles. The Morgan fingerprint density at radius 3 is 1.18 bits per heavy atom. The van der Waals surface area contributed by atoms with Gasteiger partial charge in [0.05, 0.1) is 0 Å². The Kier molecular flexibility index (Phi) is 7.75. The SMILES string of the molecule is COCC(F)(F)C(F)(F)C(F)(F)C(F)(F)C(F)(F)C(F)(F)COc1c(F)c(F)c(C)c(F)c1F. The summed E-state index contributed by atoms with van der Waals surface area (Å²) in [5.41, 5.74) is -1.41. The fourth-order valence-electron chi connectivity index (χ4n) is 2.23. The largest absolute Gasteiger partial charge is 0.481 e. The van der Waals surface area contributed by atoms with Gasteiger partial charge in [0.15, 0.2) is 24.0 Å². The number of alkyl halides is 12. The maximum atomic E-state index is 13.7. The minimum absolute atomic E-state index is 0.190.